The average Bonchev–Trinajstić information content (AvgIpc) is 3.05. The Hall–Kier alpha value is -3.55. The van der Waals surface area contributed by atoms with Gasteiger partial charge in [-0.3, -0.25) is 10.1 Å². The summed E-state index contributed by atoms with van der Waals surface area (Å²) >= 11 is 0. The summed E-state index contributed by atoms with van der Waals surface area (Å²) < 4.78 is 25.0. The van der Waals surface area contributed by atoms with Gasteiger partial charge in [0.15, 0.2) is 5.69 Å². The molecule has 130 valence electrons. The summed E-state index contributed by atoms with van der Waals surface area (Å²) in [7, 11) is -4.03. The molecule has 0 fully saturated rings. The number of primary sulfonamides is 1. The first-order valence-electron chi connectivity index (χ1n) is 7.18. The standard InChI is InChI=1S/C16H11N5O4S/c17-10-12-9-15(11-5-7-13(8-6-11)21(22)23)20(19-12)14-3-1-2-4-16(14)26(18,24)25/h1-9H,(H2,18,24,25). The molecule has 0 aliphatic heterocycles. The molecule has 3 rings (SSSR count). The first kappa shape index (κ1) is 17.3. The highest BCUT2D eigenvalue weighted by molar-refractivity contribution is 7.89. The third kappa shape index (κ3) is 3.16. The van der Waals surface area contributed by atoms with Gasteiger partial charge in [-0.25, -0.2) is 18.2 Å². The molecule has 0 bridgehead atoms. The summed E-state index contributed by atoms with van der Waals surface area (Å²) in [6.07, 6.45) is 0. The van der Waals surface area contributed by atoms with Crippen LogP contribution >= 0.6 is 0 Å². The van der Waals surface area contributed by atoms with Crippen LogP contribution in [0.15, 0.2) is 59.5 Å². The minimum absolute atomic E-state index is 0.0579. The van der Waals surface area contributed by atoms with Crippen LogP contribution in [-0.2, 0) is 10.0 Å². The Morgan fingerprint density at radius 1 is 1.15 bits per heavy atom. The fraction of sp³-hybridized carbons (Fsp3) is 0. The van der Waals surface area contributed by atoms with Crippen LogP contribution in [0.1, 0.15) is 5.69 Å². The number of benzene rings is 2. The lowest BCUT2D eigenvalue weighted by atomic mass is 10.1. The van der Waals surface area contributed by atoms with E-state index in [0.717, 1.165) is 0 Å². The molecule has 0 unspecified atom stereocenters. The van der Waals surface area contributed by atoms with Crippen molar-refractivity contribution in [2.75, 3.05) is 0 Å². The van der Waals surface area contributed by atoms with E-state index in [1.54, 1.807) is 6.07 Å². The Labute approximate surface area is 148 Å². The molecule has 0 spiro atoms. The molecule has 1 heterocycles. The number of para-hydroxylation sites is 1. The molecule has 1 aromatic heterocycles. The van der Waals surface area contributed by atoms with E-state index in [1.165, 1.54) is 53.2 Å². The molecule has 0 saturated carbocycles. The highest BCUT2D eigenvalue weighted by Crippen LogP contribution is 2.28. The van der Waals surface area contributed by atoms with E-state index in [0.29, 0.717) is 11.3 Å². The van der Waals surface area contributed by atoms with Gasteiger partial charge in [0.2, 0.25) is 10.0 Å². The molecular weight excluding hydrogens is 358 g/mol. The van der Waals surface area contributed by atoms with Gasteiger partial charge in [-0.2, -0.15) is 10.4 Å². The number of sulfonamides is 1. The Bertz CT molecular complexity index is 1140. The van der Waals surface area contributed by atoms with Crippen LogP contribution in [0.2, 0.25) is 0 Å². The minimum Gasteiger partial charge on any atom is -0.258 e. The van der Waals surface area contributed by atoms with E-state index < -0.39 is 14.9 Å². The van der Waals surface area contributed by atoms with E-state index in [2.05, 4.69) is 5.10 Å². The number of aromatic nitrogens is 2. The van der Waals surface area contributed by atoms with E-state index in [1.807, 2.05) is 6.07 Å². The Kier molecular flexibility index (Phi) is 4.25. The molecule has 0 atom stereocenters. The van der Waals surface area contributed by atoms with Gasteiger partial charge in [0.25, 0.3) is 5.69 Å². The van der Waals surface area contributed by atoms with Crippen molar-refractivity contribution in [2.24, 2.45) is 5.14 Å². The van der Waals surface area contributed by atoms with Gasteiger partial charge < -0.3 is 0 Å². The van der Waals surface area contributed by atoms with Gasteiger partial charge in [-0.1, -0.05) is 12.1 Å². The Morgan fingerprint density at radius 2 is 1.81 bits per heavy atom. The van der Waals surface area contributed by atoms with Crippen molar-refractivity contribution in [3.63, 3.8) is 0 Å². The van der Waals surface area contributed by atoms with Crippen molar-refractivity contribution < 1.29 is 13.3 Å². The van der Waals surface area contributed by atoms with Crippen molar-refractivity contribution >= 4 is 15.7 Å². The van der Waals surface area contributed by atoms with E-state index >= 15 is 0 Å². The Morgan fingerprint density at radius 3 is 2.38 bits per heavy atom. The lowest BCUT2D eigenvalue weighted by Gasteiger charge is -2.11. The summed E-state index contributed by atoms with van der Waals surface area (Å²) in [5, 5.41) is 29.3. The Balaban J connectivity index is 2.24. The zero-order valence-electron chi connectivity index (χ0n) is 13.1. The normalized spacial score (nSPS) is 11.1. The number of nitro benzene ring substituents is 1. The van der Waals surface area contributed by atoms with Crippen molar-refractivity contribution in [1.29, 1.82) is 5.26 Å². The zero-order chi connectivity index (χ0) is 18.9. The lowest BCUT2D eigenvalue weighted by Crippen LogP contribution is -2.16. The van der Waals surface area contributed by atoms with Crippen LogP contribution in [0.4, 0.5) is 5.69 Å². The number of rotatable bonds is 4. The number of hydrogen-bond acceptors (Lipinski definition) is 6. The molecule has 3 aromatic rings. The van der Waals surface area contributed by atoms with E-state index in [4.69, 9.17) is 10.4 Å². The SMILES string of the molecule is N#Cc1cc(-c2ccc([N+](=O)[O-])cc2)n(-c2ccccc2S(N)(=O)=O)n1. The maximum absolute atomic E-state index is 11.9. The summed E-state index contributed by atoms with van der Waals surface area (Å²) in [5.41, 5.74) is 1.05. The van der Waals surface area contributed by atoms with Gasteiger partial charge in [-0.05, 0) is 24.3 Å². The molecule has 9 nitrogen and oxygen atoms in total. The second-order valence-electron chi connectivity index (χ2n) is 5.26. The molecular formula is C16H11N5O4S. The summed E-state index contributed by atoms with van der Waals surface area (Å²) in [4.78, 5) is 10.1. The van der Waals surface area contributed by atoms with Crippen LogP contribution in [0, 0.1) is 21.4 Å². The van der Waals surface area contributed by atoms with Gasteiger partial charge in [-0.15, -0.1) is 0 Å². The molecule has 10 heteroatoms. The molecule has 2 N–H and O–H groups in total. The van der Waals surface area contributed by atoms with Gasteiger partial charge in [0.1, 0.15) is 11.0 Å². The molecule has 0 saturated heterocycles. The summed E-state index contributed by atoms with van der Waals surface area (Å²) in [6, 6.07) is 14.9. The summed E-state index contributed by atoms with van der Waals surface area (Å²) in [5.74, 6) is 0. The molecule has 0 amide bonds. The monoisotopic (exact) mass is 369 g/mol. The minimum atomic E-state index is -4.03. The highest BCUT2D eigenvalue weighted by Gasteiger charge is 2.19. The maximum Gasteiger partial charge on any atom is 0.269 e. The highest BCUT2D eigenvalue weighted by atomic mass is 32.2. The maximum atomic E-state index is 11.9. The third-order valence-corrected chi connectivity index (χ3v) is 4.56. The van der Waals surface area contributed by atoms with Crippen molar-refractivity contribution in [1.82, 2.24) is 9.78 Å². The smallest absolute Gasteiger partial charge is 0.258 e. The first-order chi connectivity index (χ1) is 12.3. The predicted octanol–water partition coefficient (Wildman–Crippen LogP) is 1.97. The van der Waals surface area contributed by atoms with E-state index in [-0.39, 0.29) is 22.0 Å². The topological polar surface area (TPSA) is 145 Å². The summed E-state index contributed by atoms with van der Waals surface area (Å²) in [6.45, 7) is 0. The largest absolute Gasteiger partial charge is 0.269 e. The van der Waals surface area contributed by atoms with Crippen LogP contribution in [0.25, 0.3) is 16.9 Å². The van der Waals surface area contributed by atoms with Crippen LogP contribution in [-0.4, -0.2) is 23.1 Å². The van der Waals surface area contributed by atoms with Crippen LogP contribution in [0.5, 0.6) is 0 Å². The van der Waals surface area contributed by atoms with Crippen molar-refractivity contribution in [2.45, 2.75) is 4.90 Å². The predicted molar refractivity (Wildman–Crippen MR) is 91.7 cm³/mol. The average molecular weight is 369 g/mol. The number of non-ortho nitro benzene ring substituents is 1. The molecule has 0 aliphatic rings. The molecule has 2 aromatic carbocycles. The third-order valence-electron chi connectivity index (χ3n) is 3.60. The molecule has 0 aliphatic carbocycles. The fourth-order valence-electron chi connectivity index (χ4n) is 2.45. The van der Waals surface area contributed by atoms with Crippen LogP contribution < -0.4 is 5.14 Å². The number of nitrogens with two attached hydrogens (primary N) is 1. The van der Waals surface area contributed by atoms with Gasteiger partial charge in [0.05, 0.1) is 16.3 Å². The van der Waals surface area contributed by atoms with Crippen molar-refractivity contribution in [3.05, 3.63) is 70.4 Å². The van der Waals surface area contributed by atoms with Gasteiger partial charge in [0, 0.05) is 23.8 Å². The van der Waals surface area contributed by atoms with Gasteiger partial charge >= 0.3 is 0 Å². The number of nitriles is 1. The fourth-order valence-corrected chi connectivity index (χ4v) is 3.17. The number of nitro groups is 1. The lowest BCUT2D eigenvalue weighted by molar-refractivity contribution is -0.384. The van der Waals surface area contributed by atoms with E-state index in [9.17, 15) is 18.5 Å². The van der Waals surface area contributed by atoms with Crippen LogP contribution in [0.3, 0.4) is 0 Å². The molecule has 26 heavy (non-hydrogen) atoms. The second-order valence-corrected chi connectivity index (χ2v) is 6.78. The van der Waals surface area contributed by atoms with Crippen molar-refractivity contribution in [3.8, 4) is 23.0 Å². The number of hydrogen-bond donors (Lipinski definition) is 1. The molecule has 0 radical (unpaired) electrons. The zero-order valence-corrected chi connectivity index (χ0v) is 13.9. The second kappa shape index (κ2) is 6.40. The quantitative estimate of drug-likeness (QED) is 0.549. The number of nitrogens with zero attached hydrogens (tertiary/aromatic N) is 4. The first-order valence-corrected chi connectivity index (χ1v) is 8.73.